The van der Waals surface area contributed by atoms with Crippen LogP contribution in [0.2, 0.25) is 0 Å². The molecule has 1 saturated heterocycles. The van der Waals surface area contributed by atoms with E-state index >= 15 is 0 Å². The van der Waals surface area contributed by atoms with Crippen LogP contribution in [0.3, 0.4) is 0 Å². The van der Waals surface area contributed by atoms with Crippen LogP contribution in [-0.2, 0) is 6.42 Å². The maximum atomic E-state index is 3.73. The average Bonchev–Trinajstić information content (AvgIpc) is 2.54. The standard InChI is InChI=1S/C19H24N2/c1-21-13-12-20-19(15-21)18(17-10-6-3-7-11-17)14-16-8-4-2-5-9-16/h2-11,18-20H,12-15H2,1H3. The van der Waals surface area contributed by atoms with Crippen molar-refractivity contribution in [1.29, 1.82) is 0 Å². The number of piperazine rings is 1. The van der Waals surface area contributed by atoms with Gasteiger partial charge in [-0.2, -0.15) is 0 Å². The van der Waals surface area contributed by atoms with Crippen molar-refractivity contribution in [2.75, 3.05) is 26.7 Å². The Morgan fingerprint density at radius 3 is 2.38 bits per heavy atom. The van der Waals surface area contributed by atoms with E-state index in [-0.39, 0.29) is 0 Å². The average molecular weight is 280 g/mol. The minimum Gasteiger partial charge on any atom is -0.311 e. The first kappa shape index (κ1) is 14.3. The molecule has 110 valence electrons. The highest BCUT2D eigenvalue weighted by atomic mass is 15.2. The number of nitrogens with zero attached hydrogens (tertiary/aromatic N) is 1. The third-order valence-corrected chi connectivity index (χ3v) is 4.42. The summed E-state index contributed by atoms with van der Waals surface area (Å²) < 4.78 is 0. The molecule has 2 nitrogen and oxygen atoms in total. The summed E-state index contributed by atoms with van der Waals surface area (Å²) >= 11 is 0. The van der Waals surface area contributed by atoms with Gasteiger partial charge in [0, 0.05) is 31.6 Å². The fourth-order valence-corrected chi connectivity index (χ4v) is 3.26. The van der Waals surface area contributed by atoms with Crippen molar-refractivity contribution in [2.45, 2.75) is 18.4 Å². The van der Waals surface area contributed by atoms with Crippen LogP contribution in [0.1, 0.15) is 17.0 Å². The van der Waals surface area contributed by atoms with Crippen molar-refractivity contribution >= 4 is 0 Å². The highest BCUT2D eigenvalue weighted by Gasteiger charge is 2.26. The molecule has 1 fully saturated rings. The topological polar surface area (TPSA) is 15.3 Å². The minimum atomic E-state index is 0.520. The Kier molecular flexibility index (Phi) is 4.69. The maximum absolute atomic E-state index is 3.73. The Morgan fingerprint density at radius 2 is 1.71 bits per heavy atom. The van der Waals surface area contributed by atoms with Crippen LogP contribution in [0.4, 0.5) is 0 Å². The van der Waals surface area contributed by atoms with Gasteiger partial charge in [-0.1, -0.05) is 60.7 Å². The smallest absolute Gasteiger partial charge is 0.0267 e. The van der Waals surface area contributed by atoms with Crippen LogP contribution in [0, 0.1) is 0 Å². The second-order valence-electron chi connectivity index (χ2n) is 6.03. The number of hydrogen-bond acceptors (Lipinski definition) is 2. The molecular weight excluding hydrogens is 256 g/mol. The number of rotatable bonds is 4. The van der Waals surface area contributed by atoms with Gasteiger partial charge in [0.1, 0.15) is 0 Å². The second-order valence-corrected chi connectivity index (χ2v) is 6.03. The van der Waals surface area contributed by atoms with Crippen molar-refractivity contribution in [3.8, 4) is 0 Å². The van der Waals surface area contributed by atoms with Gasteiger partial charge in [-0.05, 0) is 24.6 Å². The number of nitrogens with one attached hydrogen (secondary N) is 1. The zero-order valence-corrected chi connectivity index (χ0v) is 12.7. The predicted molar refractivity (Wildman–Crippen MR) is 88.6 cm³/mol. The molecule has 1 heterocycles. The molecule has 0 spiro atoms. The van der Waals surface area contributed by atoms with E-state index in [0.717, 1.165) is 26.1 Å². The van der Waals surface area contributed by atoms with E-state index in [9.17, 15) is 0 Å². The molecule has 0 saturated carbocycles. The van der Waals surface area contributed by atoms with E-state index < -0.39 is 0 Å². The highest BCUT2D eigenvalue weighted by molar-refractivity contribution is 5.26. The molecule has 1 N–H and O–H groups in total. The molecule has 3 rings (SSSR count). The van der Waals surface area contributed by atoms with Gasteiger partial charge in [0.15, 0.2) is 0 Å². The fourth-order valence-electron chi connectivity index (χ4n) is 3.26. The molecule has 1 aliphatic heterocycles. The molecule has 0 aliphatic carbocycles. The quantitative estimate of drug-likeness (QED) is 0.926. The van der Waals surface area contributed by atoms with Gasteiger partial charge in [0.2, 0.25) is 0 Å². The largest absolute Gasteiger partial charge is 0.311 e. The summed E-state index contributed by atoms with van der Waals surface area (Å²) in [4.78, 5) is 2.43. The number of likely N-dealkylation sites (N-methyl/N-ethyl adjacent to an activating group) is 1. The molecule has 21 heavy (non-hydrogen) atoms. The minimum absolute atomic E-state index is 0.520. The SMILES string of the molecule is CN1CCNC(C(Cc2ccccc2)c2ccccc2)C1. The lowest BCUT2D eigenvalue weighted by Crippen LogP contribution is -2.52. The van der Waals surface area contributed by atoms with Crippen LogP contribution in [0.15, 0.2) is 60.7 Å². The van der Waals surface area contributed by atoms with E-state index in [4.69, 9.17) is 0 Å². The predicted octanol–water partition coefficient (Wildman–Crippen LogP) is 2.92. The zero-order valence-electron chi connectivity index (χ0n) is 12.7. The van der Waals surface area contributed by atoms with E-state index in [1.165, 1.54) is 11.1 Å². The first-order valence-corrected chi connectivity index (χ1v) is 7.84. The van der Waals surface area contributed by atoms with Crippen LogP contribution in [0.5, 0.6) is 0 Å². The molecule has 2 heteroatoms. The Labute approximate surface area is 127 Å². The Morgan fingerprint density at radius 1 is 1.05 bits per heavy atom. The lowest BCUT2D eigenvalue weighted by Gasteiger charge is -2.36. The van der Waals surface area contributed by atoms with Crippen molar-refractivity contribution in [2.24, 2.45) is 0 Å². The third-order valence-electron chi connectivity index (χ3n) is 4.42. The van der Waals surface area contributed by atoms with Crippen molar-refractivity contribution < 1.29 is 0 Å². The summed E-state index contributed by atoms with van der Waals surface area (Å²) in [6.45, 7) is 3.34. The van der Waals surface area contributed by atoms with Crippen LogP contribution in [-0.4, -0.2) is 37.6 Å². The van der Waals surface area contributed by atoms with Gasteiger partial charge < -0.3 is 10.2 Å². The van der Waals surface area contributed by atoms with Gasteiger partial charge >= 0.3 is 0 Å². The van der Waals surface area contributed by atoms with E-state index in [2.05, 4.69) is 77.9 Å². The summed E-state index contributed by atoms with van der Waals surface area (Å²) in [5.74, 6) is 0.524. The molecule has 1 aliphatic rings. The summed E-state index contributed by atoms with van der Waals surface area (Å²) in [6.07, 6.45) is 1.09. The Balaban J connectivity index is 1.84. The van der Waals surface area contributed by atoms with E-state index in [1.807, 2.05) is 0 Å². The lowest BCUT2D eigenvalue weighted by molar-refractivity contribution is 0.218. The Bertz CT molecular complexity index is 538. The number of benzene rings is 2. The van der Waals surface area contributed by atoms with Gasteiger partial charge in [-0.3, -0.25) is 0 Å². The number of hydrogen-bond donors (Lipinski definition) is 1. The van der Waals surface area contributed by atoms with E-state index in [0.29, 0.717) is 12.0 Å². The first-order chi connectivity index (χ1) is 10.3. The second kappa shape index (κ2) is 6.88. The van der Waals surface area contributed by atoms with Crippen LogP contribution < -0.4 is 5.32 Å². The monoisotopic (exact) mass is 280 g/mol. The van der Waals surface area contributed by atoms with Crippen LogP contribution in [0.25, 0.3) is 0 Å². The third kappa shape index (κ3) is 3.72. The molecule has 0 aromatic heterocycles. The van der Waals surface area contributed by atoms with Crippen molar-refractivity contribution in [3.05, 3.63) is 71.8 Å². The van der Waals surface area contributed by atoms with Gasteiger partial charge in [-0.25, -0.2) is 0 Å². The van der Waals surface area contributed by atoms with E-state index in [1.54, 1.807) is 0 Å². The van der Waals surface area contributed by atoms with Gasteiger partial charge in [0.25, 0.3) is 0 Å². The highest BCUT2D eigenvalue weighted by Crippen LogP contribution is 2.26. The van der Waals surface area contributed by atoms with Crippen LogP contribution >= 0.6 is 0 Å². The molecule has 2 unspecified atom stereocenters. The molecule has 0 amide bonds. The molecule has 0 bridgehead atoms. The Hall–Kier alpha value is -1.64. The summed E-state index contributed by atoms with van der Waals surface area (Å²) in [6, 6.07) is 22.3. The normalized spacial score (nSPS) is 21.1. The summed E-state index contributed by atoms with van der Waals surface area (Å²) in [5.41, 5.74) is 2.86. The molecule has 0 radical (unpaired) electrons. The first-order valence-electron chi connectivity index (χ1n) is 7.84. The fraction of sp³-hybridized carbons (Fsp3) is 0.368. The summed E-state index contributed by atoms with van der Waals surface area (Å²) in [7, 11) is 2.22. The molecule has 2 aromatic rings. The molecule has 2 aromatic carbocycles. The molecular formula is C19H24N2. The lowest BCUT2D eigenvalue weighted by atomic mass is 9.85. The van der Waals surface area contributed by atoms with Crippen molar-refractivity contribution in [3.63, 3.8) is 0 Å². The zero-order chi connectivity index (χ0) is 14.5. The van der Waals surface area contributed by atoms with Gasteiger partial charge in [0.05, 0.1) is 0 Å². The maximum Gasteiger partial charge on any atom is 0.0267 e. The summed E-state index contributed by atoms with van der Waals surface area (Å²) in [5, 5.41) is 3.73. The van der Waals surface area contributed by atoms with Crippen molar-refractivity contribution in [1.82, 2.24) is 10.2 Å². The van der Waals surface area contributed by atoms with Gasteiger partial charge in [-0.15, -0.1) is 0 Å². The molecule has 2 atom stereocenters.